The topological polar surface area (TPSA) is 61.8 Å². The molecule has 1 unspecified atom stereocenters. The number of hydrogen-bond acceptors (Lipinski definition) is 5. The van der Waals surface area contributed by atoms with E-state index in [4.69, 9.17) is 14.2 Å². The van der Waals surface area contributed by atoms with Crippen molar-refractivity contribution >= 4 is 11.8 Å². The van der Waals surface area contributed by atoms with Crippen molar-refractivity contribution in [2.45, 2.75) is 26.7 Å². The van der Waals surface area contributed by atoms with Crippen molar-refractivity contribution in [2.75, 3.05) is 13.7 Å². The van der Waals surface area contributed by atoms with Gasteiger partial charge in [0.15, 0.2) is 5.78 Å². The highest BCUT2D eigenvalue weighted by Gasteiger charge is 2.31. The zero-order valence-electron chi connectivity index (χ0n) is 15.4. The monoisotopic (exact) mass is 354 g/mol. The lowest BCUT2D eigenvalue weighted by molar-refractivity contribution is -0.143. The summed E-state index contributed by atoms with van der Waals surface area (Å²) < 4.78 is 16.3. The quantitative estimate of drug-likeness (QED) is 0.616. The third-order valence-corrected chi connectivity index (χ3v) is 4.28. The van der Waals surface area contributed by atoms with E-state index >= 15 is 0 Å². The van der Waals surface area contributed by atoms with E-state index in [1.807, 2.05) is 24.3 Å². The Balaban J connectivity index is 1.81. The molecule has 1 aliphatic rings. The minimum Gasteiger partial charge on any atom is -0.497 e. The summed E-state index contributed by atoms with van der Waals surface area (Å²) in [4.78, 5) is 24.9. The lowest BCUT2D eigenvalue weighted by atomic mass is 9.89. The van der Waals surface area contributed by atoms with Gasteiger partial charge in [0, 0.05) is 6.07 Å². The van der Waals surface area contributed by atoms with Gasteiger partial charge >= 0.3 is 5.97 Å². The highest BCUT2D eigenvalue weighted by Crippen LogP contribution is 2.35. The van der Waals surface area contributed by atoms with Crippen LogP contribution in [0.3, 0.4) is 0 Å². The van der Waals surface area contributed by atoms with Crippen LogP contribution in [0.4, 0.5) is 0 Å². The number of rotatable bonds is 3. The Labute approximate surface area is 152 Å². The van der Waals surface area contributed by atoms with Crippen LogP contribution >= 0.6 is 0 Å². The van der Waals surface area contributed by atoms with E-state index in [-0.39, 0.29) is 24.3 Å². The first-order valence-electron chi connectivity index (χ1n) is 8.47. The average molecular weight is 354 g/mol. The summed E-state index contributed by atoms with van der Waals surface area (Å²) >= 11 is 0. The molecule has 26 heavy (non-hydrogen) atoms. The van der Waals surface area contributed by atoms with Crippen molar-refractivity contribution in [1.29, 1.82) is 0 Å². The van der Waals surface area contributed by atoms with Crippen LogP contribution in [0.15, 0.2) is 42.5 Å². The summed E-state index contributed by atoms with van der Waals surface area (Å²) in [5.74, 6) is 0.846. The molecule has 136 valence electrons. The molecular weight excluding hydrogens is 332 g/mol. The molecule has 1 aliphatic heterocycles. The number of methoxy groups -OCH3 is 1. The van der Waals surface area contributed by atoms with Crippen molar-refractivity contribution in [3.63, 3.8) is 0 Å². The Morgan fingerprint density at radius 3 is 2.35 bits per heavy atom. The lowest BCUT2D eigenvalue weighted by Gasteiger charge is -2.25. The second-order valence-electron chi connectivity index (χ2n) is 7.30. The number of esters is 1. The minimum absolute atomic E-state index is 0.00915. The van der Waals surface area contributed by atoms with E-state index in [9.17, 15) is 9.59 Å². The molecule has 0 spiro atoms. The highest BCUT2D eigenvalue weighted by molar-refractivity contribution is 6.04. The van der Waals surface area contributed by atoms with Crippen molar-refractivity contribution in [3.8, 4) is 17.2 Å². The number of carbonyl (C=O) groups is 2. The zero-order chi connectivity index (χ0) is 18.9. The SMILES string of the molecule is COc1ccc(C2COc3cc(OC(=O)C(C)(C)C)ccc3C2=O)cc1. The summed E-state index contributed by atoms with van der Waals surface area (Å²) in [6.45, 7) is 5.60. The number of ether oxygens (including phenoxy) is 3. The number of hydrogen-bond donors (Lipinski definition) is 0. The summed E-state index contributed by atoms with van der Waals surface area (Å²) in [5.41, 5.74) is 0.767. The summed E-state index contributed by atoms with van der Waals surface area (Å²) in [6.07, 6.45) is 0. The van der Waals surface area contributed by atoms with Crippen LogP contribution in [0.1, 0.15) is 42.6 Å². The van der Waals surface area contributed by atoms with E-state index in [1.54, 1.807) is 46.1 Å². The molecule has 0 aliphatic carbocycles. The Morgan fingerprint density at radius 2 is 1.73 bits per heavy atom. The van der Waals surface area contributed by atoms with Crippen molar-refractivity contribution < 1.29 is 23.8 Å². The molecule has 0 amide bonds. The molecule has 2 aromatic rings. The summed E-state index contributed by atoms with van der Waals surface area (Å²) in [5, 5.41) is 0. The standard InChI is InChI=1S/C21H22O5/c1-21(2,3)20(23)26-15-9-10-16-18(11-15)25-12-17(19(16)22)13-5-7-14(24-4)8-6-13/h5-11,17H,12H2,1-4H3. The Morgan fingerprint density at radius 1 is 1.08 bits per heavy atom. The van der Waals surface area contributed by atoms with Gasteiger partial charge < -0.3 is 14.2 Å². The fourth-order valence-corrected chi connectivity index (χ4v) is 2.67. The van der Waals surface area contributed by atoms with Crippen LogP contribution in [0, 0.1) is 5.41 Å². The first-order valence-corrected chi connectivity index (χ1v) is 8.47. The molecule has 0 saturated carbocycles. The first-order chi connectivity index (χ1) is 12.3. The van der Waals surface area contributed by atoms with Crippen LogP contribution in [-0.2, 0) is 4.79 Å². The third kappa shape index (κ3) is 3.57. The molecule has 2 aromatic carbocycles. The van der Waals surface area contributed by atoms with Crippen LogP contribution in [-0.4, -0.2) is 25.5 Å². The highest BCUT2D eigenvalue weighted by atomic mass is 16.5. The maximum atomic E-state index is 12.8. The van der Waals surface area contributed by atoms with E-state index < -0.39 is 5.41 Å². The Bertz CT molecular complexity index is 830. The van der Waals surface area contributed by atoms with Gasteiger partial charge in [0.25, 0.3) is 0 Å². The van der Waals surface area contributed by atoms with E-state index in [2.05, 4.69) is 0 Å². The predicted molar refractivity (Wildman–Crippen MR) is 97.1 cm³/mol. The number of benzene rings is 2. The van der Waals surface area contributed by atoms with Crippen molar-refractivity contribution in [2.24, 2.45) is 5.41 Å². The molecule has 0 radical (unpaired) electrons. The Kier molecular flexibility index (Phi) is 4.72. The minimum atomic E-state index is -0.605. The van der Waals surface area contributed by atoms with Gasteiger partial charge in [-0.2, -0.15) is 0 Å². The van der Waals surface area contributed by atoms with Crippen LogP contribution < -0.4 is 14.2 Å². The molecular formula is C21H22O5. The zero-order valence-corrected chi connectivity index (χ0v) is 15.4. The average Bonchev–Trinajstić information content (AvgIpc) is 2.61. The molecule has 1 atom stereocenters. The number of carbonyl (C=O) groups excluding carboxylic acids is 2. The van der Waals surface area contributed by atoms with Gasteiger partial charge in [-0.1, -0.05) is 12.1 Å². The second kappa shape index (κ2) is 6.83. The molecule has 0 aromatic heterocycles. The van der Waals surface area contributed by atoms with E-state index in [0.717, 1.165) is 11.3 Å². The maximum Gasteiger partial charge on any atom is 0.316 e. The number of Topliss-reactive ketones (excluding diaryl/α,β-unsaturated/α-hetero) is 1. The van der Waals surface area contributed by atoms with Crippen LogP contribution in [0.25, 0.3) is 0 Å². The smallest absolute Gasteiger partial charge is 0.316 e. The molecule has 1 heterocycles. The molecule has 5 heteroatoms. The fraction of sp³-hybridized carbons (Fsp3) is 0.333. The van der Waals surface area contributed by atoms with E-state index in [0.29, 0.717) is 17.1 Å². The van der Waals surface area contributed by atoms with Crippen LogP contribution in [0.2, 0.25) is 0 Å². The van der Waals surface area contributed by atoms with E-state index in [1.165, 1.54) is 0 Å². The molecule has 5 nitrogen and oxygen atoms in total. The Hall–Kier alpha value is -2.82. The fourth-order valence-electron chi connectivity index (χ4n) is 2.67. The largest absolute Gasteiger partial charge is 0.497 e. The van der Waals surface area contributed by atoms with Gasteiger partial charge in [-0.3, -0.25) is 9.59 Å². The lowest BCUT2D eigenvalue weighted by Crippen LogP contribution is -2.27. The van der Waals surface area contributed by atoms with Crippen molar-refractivity contribution in [1.82, 2.24) is 0 Å². The molecule has 3 rings (SSSR count). The molecule has 0 bridgehead atoms. The predicted octanol–water partition coefficient (Wildman–Crippen LogP) is 4.01. The maximum absolute atomic E-state index is 12.8. The second-order valence-corrected chi connectivity index (χ2v) is 7.30. The molecule has 0 fully saturated rings. The van der Waals surface area contributed by atoms with Gasteiger partial charge in [0.05, 0.1) is 24.0 Å². The third-order valence-electron chi connectivity index (χ3n) is 4.28. The van der Waals surface area contributed by atoms with Gasteiger partial charge in [0.1, 0.15) is 23.9 Å². The summed E-state index contributed by atoms with van der Waals surface area (Å²) in [7, 11) is 1.60. The molecule has 0 saturated heterocycles. The first kappa shape index (κ1) is 18.0. The van der Waals surface area contributed by atoms with Gasteiger partial charge in [-0.15, -0.1) is 0 Å². The summed E-state index contributed by atoms with van der Waals surface area (Å²) in [6, 6.07) is 12.3. The van der Waals surface area contributed by atoms with Gasteiger partial charge in [-0.25, -0.2) is 0 Å². The van der Waals surface area contributed by atoms with Gasteiger partial charge in [0.2, 0.25) is 0 Å². The normalized spacial score (nSPS) is 16.5. The number of ketones is 1. The van der Waals surface area contributed by atoms with Crippen molar-refractivity contribution in [3.05, 3.63) is 53.6 Å². The van der Waals surface area contributed by atoms with Gasteiger partial charge in [-0.05, 0) is 50.6 Å². The van der Waals surface area contributed by atoms with Crippen LogP contribution in [0.5, 0.6) is 17.2 Å². The number of fused-ring (bicyclic) bond motifs is 1. The molecule has 0 N–H and O–H groups in total.